The number of carbonyl (C=O) groups excluding carboxylic acids is 1. The molecule has 2 N–H and O–H groups in total. The van der Waals surface area contributed by atoms with E-state index in [-0.39, 0.29) is 36.1 Å². The molecule has 2 amide bonds. The first-order chi connectivity index (χ1) is 12.5. The van der Waals surface area contributed by atoms with Gasteiger partial charge in [0.05, 0.1) is 0 Å². The lowest BCUT2D eigenvalue weighted by Crippen LogP contribution is -2.51. The summed E-state index contributed by atoms with van der Waals surface area (Å²) >= 11 is 0. The van der Waals surface area contributed by atoms with Crippen molar-refractivity contribution in [3.8, 4) is 0 Å². The highest BCUT2D eigenvalue weighted by molar-refractivity contribution is 7.89. The number of carbonyl (C=O) groups is 1. The highest BCUT2D eigenvalue weighted by atomic mass is 32.2. The molecule has 0 spiro atoms. The predicted octanol–water partition coefficient (Wildman–Crippen LogP) is 2.61. The number of hydrogen-bond acceptors (Lipinski definition) is 3. The average molecular weight is 383 g/mol. The maximum atomic E-state index is 13.8. The third kappa shape index (κ3) is 4.54. The Morgan fingerprint density at radius 3 is 2.15 bits per heavy atom. The Labute approximate surface area is 154 Å². The highest BCUT2D eigenvalue weighted by Gasteiger charge is 2.31. The second-order valence-corrected chi connectivity index (χ2v) is 8.97. The van der Waals surface area contributed by atoms with Gasteiger partial charge in [0, 0.05) is 25.2 Å². The summed E-state index contributed by atoms with van der Waals surface area (Å²) in [7, 11) is -3.84. The molecule has 8 heteroatoms. The average Bonchev–Trinajstić information content (AvgIpc) is 2.63. The summed E-state index contributed by atoms with van der Waals surface area (Å²) in [6.45, 7) is 0.538. The molecule has 1 aromatic rings. The lowest BCUT2D eigenvalue weighted by Gasteiger charge is -2.32. The molecule has 26 heavy (non-hydrogen) atoms. The fraction of sp³-hybridized carbons (Fsp3) is 0.611. The number of halogens is 1. The Morgan fingerprint density at radius 1 is 0.962 bits per heavy atom. The first kappa shape index (κ1) is 19.1. The van der Waals surface area contributed by atoms with Crippen molar-refractivity contribution in [3.63, 3.8) is 0 Å². The maximum Gasteiger partial charge on any atom is 0.315 e. The summed E-state index contributed by atoms with van der Waals surface area (Å²) in [4.78, 5) is 11.8. The zero-order valence-electron chi connectivity index (χ0n) is 14.8. The van der Waals surface area contributed by atoms with E-state index in [2.05, 4.69) is 10.6 Å². The number of rotatable bonds is 4. The predicted molar refractivity (Wildman–Crippen MR) is 96.7 cm³/mol. The standard InChI is InChI=1S/C18H26FN3O3S/c19-16-8-4-5-9-17(16)26(24,25)22-12-10-15(11-13-22)21-18(23)20-14-6-2-1-3-7-14/h4-5,8-9,14-15H,1-3,6-7,10-13H2,(H2,20,21,23). The van der Waals surface area contributed by atoms with Crippen LogP contribution in [-0.4, -0.2) is 43.9 Å². The molecule has 1 heterocycles. The van der Waals surface area contributed by atoms with Crippen LogP contribution in [-0.2, 0) is 10.0 Å². The van der Waals surface area contributed by atoms with Crippen LogP contribution in [0.4, 0.5) is 9.18 Å². The fourth-order valence-corrected chi connectivity index (χ4v) is 5.23. The van der Waals surface area contributed by atoms with Crippen LogP contribution in [0.1, 0.15) is 44.9 Å². The zero-order chi connectivity index (χ0) is 18.6. The summed E-state index contributed by atoms with van der Waals surface area (Å²) in [5.41, 5.74) is 0. The largest absolute Gasteiger partial charge is 0.335 e. The van der Waals surface area contributed by atoms with Crippen molar-refractivity contribution < 1.29 is 17.6 Å². The van der Waals surface area contributed by atoms with Crippen molar-refractivity contribution in [2.24, 2.45) is 0 Å². The van der Waals surface area contributed by atoms with Gasteiger partial charge in [-0.25, -0.2) is 17.6 Å². The van der Waals surface area contributed by atoms with Gasteiger partial charge in [0.25, 0.3) is 0 Å². The van der Waals surface area contributed by atoms with Crippen molar-refractivity contribution in [2.75, 3.05) is 13.1 Å². The minimum atomic E-state index is -3.84. The third-order valence-corrected chi connectivity index (χ3v) is 7.12. The van der Waals surface area contributed by atoms with Gasteiger partial charge >= 0.3 is 6.03 Å². The molecule has 0 bridgehead atoms. The van der Waals surface area contributed by atoms with Crippen molar-refractivity contribution in [3.05, 3.63) is 30.1 Å². The van der Waals surface area contributed by atoms with Gasteiger partial charge in [-0.05, 0) is 37.8 Å². The SMILES string of the molecule is O=C(NC1CCCCC1)NC1CCN(S(=O)(=O)c2ccccc2F)CC1. The van der Waals surface area contributed by atoms with Crippen molar-refractivity contribution >= 4 is 16.1 Å². The number of hydrogen-bond donors (Lipinski definition) is 2. The molecule has 1 aromatic carbocycles. The van der Waals surface area contributed by atoms with Crippen LogP contribution in [0.2, 0.25) is 0 Å². The van der Waals surface area contributed by atoms with Crippen LogP contribution in [0.25, 0.3) is 0 Å². The van der Waals surface area contributed by atoms with E-state index in [0.717, 1.165) is 31.7 Å². The molecule has 2 fully saturated rings. The normalized spacial score (nSPS) is 20.7. The summed E-state index contributed by atoms with van der Waals surface area (Å²) in [5.74, 6) is -0.736. The summed E-state index contributed by atoms with van der Waals surface area (Å²) in [6.07, 6.45) is 6.61. The van der Waals surface area contributed by atoms with E-state index in [0.29, 0.717) is 12.8 Å². The molecule has 3 rings (SSSR count). The molecule has 1 saturated carbocycles. The van der Waals surface area contributed by atoms with Gasteiger partial charge in [0.15, 0.2) is 0 Å². The number of amides is 2. The van der Waals surface area contributed by atoms with Crippen LogP contribution < -0.4 is 10.6 Å². The molecule has 0 aromatic heterocycles. The second-order valence-electron chi connectivity index (χ2n) is 7.06. The van der Waals surface area contributed by atoms with Gasteiger partial charge < -0.3 is 10.6 Å². The Morgan fingerprint density at radius 2 is 1.54 bits per heavy atom. The van der Waals surface area contributed by atoms with E-state index >= 15 is 0 Å². The van der Waals surface area contributed by atoms with Crippen LogP contribution in [0.3, 0.4) is 0 Å². The maximum absolute atomic E-state index is 13.8. The molecule has 0 atom stereocenters. The van der Waals surface area contributed by atoms with Crippen LogP contribution in [0.15, 0.2) is 29.2 Å². The molecule has 0 radical (unpaired) electrons. The molecule has 2 aliphatic rings. The van der Waals surface area contributed by atoms with Gasteiger partial charge in [-0.3, -0.25) is 0 Å². The van der Waals surface area contributed by atoms with Crippen LogP contribution in [0.5, 0.6) is 0 Å². The van der Waals surface area contributed by atoms with Gasteiger partial charge in [-0.15, -0.1) is 0 Å². The van der Waals surface area contributed by atoms with E-state index in [1.54, 1.807) is 0 Å². The van der Waals surface area contributed by atoms with Gasteiger partial charge in [0.2, 0.25) is 10.0 Å². The molecule has 1 aliphatic carbocycles. The highest BCUT2D eigenvalue weighted by Crippen LogP contribution is 2.23. The monoisotopic (exact) mass is 383 g/mol. The Bertz CT molecular complexity index is 727. The van der Waals surface area contributed by atoms with Crippen molar-refractivity contribution in [1.82, 2.24) is 14.9 Å². The summed E-state index contributed by atoms with van der Waals surface area (Å²) in [6, 6.07) is 5.42. The number of urea groups is 1. The molecule has 144 valence electrons. The van der Waals surface area contributed by atoms with E-state index in [1.165, 1.54) is 28.9 Å². The molecular formula is C18H26FN3O3S. The minimum Gasteiger partial charge on any atom is -0.335 e. The first-order valence-corrected chi connectivity index (χ1v) is 10.7. The second kappa shape index (κ2) is 8.35. The van der Waals surface area contributed by atoms with E-state index in [1.807, 2.05) is 0 Å². The molecule has 1 aliphatic heterocycles. The van der Waals surface area contributed by atoms with Crippen LogP contribution >= 0.6 is 0 Å². The smallest absolute Gasteiger partial charge is 0.315 e. The molecule has 0 unspecified atom stereocenters. The Balaban J connectivity index is 1.51. The fourth-order valence-electron chi connectivity index (χ4n) is 3.69. The Hall–Kier alpha value is -1.67. The van der Waals surface area contributed by atoms with Gasteiger partial charge in [-0.1, -0.05) is 31.4 Å². The van der Waals surface area contributed by atoms with Crippen LogP contribution in [0, 0.1) is 5.82 Å². The zero-order valence-corrected chi connectivity index (χ0v) is 15.6. The topological polar surface area (TPSA) is 78.5 Å². The third-order valence-electron chi connectivity index (χ3n) is 5.18. The van der Waals surface area contributed by atoms with Crippen molar-refractivity contribution in [1.29, 1.82) is 0 Å². The number of benzene rings is 1. The number of piperidine rings is 1. The quantitative estimate of drug-likeness (QED) is 0.839. The number of sulfonamides is 1. The number of nitrogens with one attached hydrogen (secondary N) is 2. The van der Waals surface area contributed by atoms with Gasteiger partial charge in [-0.2, -0.15) is 4.31 Å². The van der Waals surface area contributed by atoms with Gasteiger partial charge in [0.1, 0.15) is 10.7 Å². The molecule has 6 nitrogen and oxygen atoms in total. The number of nitrogens with zero attached hydrogens (tertiary/aromatic N) is 1. The van der Waals surface area contributed by atoms with Crippen molar-refractivity contribution in [2.45, 2.75) is 61.9 Å². The minimum absolute atomic E-state index is 0.0642. The molecular weight excluding hydrogens is 357 g/mol. The summed E-state index contributed by atoms with van der Waals surface area (Å²) < 4.78 is 40.3. The molecule has 1 saturated heterocycles. The van der Waals surface area contributed by atoms with E-state index < -0.39 is 15.8 Å². The summed E-state index contributed by atoms with van der Waals surface area (Å²) in [5, 5.41) is 5.95. The van der Waals surface area contributed by atoms with E-state index in [9.17, 15) is 17.6 Å². The Kier molecular flexibility index (Phi) is 6.13. The van der Waals surface area contributed by atoms with E-state index in [4.69, 9.17) is 0 Å². The lowest BCUT2D eigenvalue weighted by molar-refractivity contribution is 0.220. The first-order valence-electron chi connectivity index (χ1n) is 9.28. The lowest BCUT2D eigenvalue weighted by atomic mass is 9.96.